The molecule has 1 aromatic carbocycles. The molecule has 0 atom stereocenters. The SMILES string of the molecule is CC(C)N(CCCOc1ccccc1C#N)CC(N)=O. The molecule has 0 saturated heterocycles. The second-order valence-electron chi connectivity index (χ2n) is 4.84. The van der Waals surface area contributed by atoms with Crippen LogP contribution in [0.15, 0.2) is 24.3 Å². The van der Waals surface area contributed by atoms with E-state index in [1.54, 1.807) is 18.2 Å². The van der Waals surface area contributed by atoms with Crippen molar-refractivity contribution in [2.24, 2.45) is 5.73 Å². The van der Waals surface area contributed by atoms with Gasteiger partial charge in [-0.2, -0.15) is 5.26 Å². The van der Waals surface area contributed by atoms with Crippen LogP contribution < -0.4 is 10.5 Å². The Morgan fingerprint density at radius 1 is 1.45 bits per heavy atom. The molecule has 1 aromatic rings. The smallest absolute Gasteiger partial charge is 0.231 e. The minimum atomic E-state index is -0.325. The van der Waals surface area contributed by atoms with Gasteiger partial charge in [0.05, 0.1) is 18.7 Å². The standard InChI is InChI=1S/C15H21N3O2/c1-12(2)18(11-15(17)19)8-5-9-20-14-7-4-3-6-13(14)10-16/h3-4,6-7,12H,5,8-9,11H2,1-2H3,(H2,17,19). The molecule has 0 radical (unpaired) electrons. The van der Waals surface area contributed by atoms with Crippen molar-refractivity contribution in [2.75, 3.05) is 19.7 Å². The van der Waals surface area contributed by atoms with E-state index in [1.165, 1.54) is 0 Å². The Balaban J connectivity index is 2.40. The van der Waals surface area contributed by atoms with Crippen molar-refractivity contribution in [3.8, 4) is 11.8 Å². The molecular formula is C15H21N3O2. The van der Waals surface area contributed by atoms with Gasteiger partial charge in [-0.25, -0.2) is 0 Å². The minimum Gasteiger partial charge on any atom is -0.492 e. The van der Waals surface area contributed by atoms with Gasteiger partial charge in [0, 0.05) is 12.6 Å². The highest BCUT2D eigenvalue weighted by atomic mass is 16.5. The van der Waals surface area contributed by atoms with Gasteiger partial charge in [0.2, 0.25) is 5.91 Å². The van der Waals surface area contributed by atoms with E-state index in [-0.39, 0.29) is 18.5 Å². The third-order valence-electron chi connectivity index (χ3n) is 2.94. The lowest BCUT2D eigenvalue weighted by atomic mass is 10.2. The Kier molecular flexibility index (Phi) is 6.54. The van der Waals surface area contributed by atoms with Crippen LogP contribution in [0.2, 0.25) is 0 Å². The summed E-state index contributed by atoms with van der Waals surface area (Å²) in [5.41, 5.74) is 5.75. The van der Waals surface area contributed by atoms with Crippen molar-refractivity contribution in [1.29, 1.82) is 5.26 Å². The molecule has 108 valence electrons. The third-order valence-corrected chi connectivity index (χ3v) is 2.94. The molecule has 0 aliphatic heterocycles. The van der Waals surface area contributed by atoms with Gasteiger partial charge in [0.1, 0.15) is 11.8 Å². The average Bonchev–Trinajstić information content (AvgIpc) is 2.42. The van der Waals surface area contributed by atoms with Crippen LogP contribution >= 0.6 is 0 Å². The summed E-state index contributed by atoms with van der Waals surface area (Å²) in [4.78, 5) is 13.0. The van der Waals surface area contributed by atoms with Gasteiger partial charge in [-0.05, 0) is 32.4 Å². The molecular weight excluding hydrogens is 254 g/mol. The highest BCUT2D eigenvalue weighted by Gasteiger charge is 2.11. The van der Waals surface area contributed by atoms with Crippen LogP contribution in [0.25, 0.3) is 0 Å². The summed E-state index contributed by atoms with van der Waals surface area (Å²) in [6.45, 7) is 5.53. The number of nitriles is 1. The molecule has 1 rings (SSSR count). The van der Waals surface area contributed by atoms with E-state index in [2.05, 4.69) is 6.07 Å². The number of amides is 1. The zero-order valence-electron chi connectivity index (χ0n) is 12.0. The fraction of sp³-hybridized carbons (Fsp3) is 0.467. The van der Waals surface area contributed by atoms with Gasteiger partial charge in [-0.15, -0.1) is 0 Å². The highest BCUT2D eigenvalue weighted by molar-refractivity contribution is 5.75. The van der Waals surface area contributed by atoms with E-state index in [9.17, 15) is 4.79 Å². The first-order valence-corrected chi connectivity index (χ1v) is 6.69. The van der Waals surface area contributed by atoms with Crippen molar-refractivity contribution >= 4 is 5.91 Å². The molecule has 2 N–H and O–H groups in total. The third kappa shape index (κ3) is 5.29. The highest BCUT2D eigenvalue weighted by Crippen LogP contribution is 2.16. The maximum atomic E-state index is 11.0. The van der Waals surface area contributed by atoms with Gasteiger partial charge in [-0.1, -0.05) is 12.1 Å². The molecule has 0 aliphatic carbocycles. The van der Waals surface area contributed by atoms with E-state index in [1.807, 2.05) is 24.8 Å². The van der Waals surface area contributed by atoms with E-state index >= 15 is 0 Å². The molecule has 0 aromatic heterocycles. The molecule has 0 spiro atoms. The number of carbonyl (C=O) groups is 1. The maximum absolute atomic E-state index is 11.0. The normalized spacial score (nSPS) is 10.6. The summed E-state index contributed by atoms with van der Waals surface area (Å²) in [5, 5.41) is 8.95. The minimum absolute atomic E-state index is 0.256. The van der Waals surface area contributed by atoms with Gasteiger partial charge >= 0.3 is 0 Å². The number of rotatable bonds is 8. The molecule has 5 heteroatoms. The second kappa shape index (κ2) is 8.18. The number of hydrogen-bond acceptors (Lipinski definition) is 4. The van der Waals surface area contributed by atoms with Gasteiger partial charge in [0.15, 0.2) is 0 Å². The summed E-state index contributed by atoms with van der Waals surface area (Å²) in [6.07, 6.45) is 0.769. The van der Waals surface area contributed by atoms with Crippen LogP contribution in [0, 0.1) is 11.3 Å². The van der Waals surface area contributed by atoms with E-state index in [0.29, 0.717) is 17.9 Å². The number of para-hydroxylation sites is 1. The van der Waals surface area contributed by atoms with Crippen molar-refractivity contribution < 1.29 is 9.53 Å². The molecule has 0 bridgehead atoms. The van der Waals surface area contributed by atoms with Crippen molar-refractivity contribution in [3.05, 3.63) is 29.8 Å². The number of ether oxygens (including phenoxy) is 1. The zero-order chi connectivity index (χ0) is 15.0. The molecule has 0 heterocycles. The topological polar surface area (TPSA) is 79.3 Å². The molecule has 1 amide bonds. The number of benzene rings is 1. The fourth-order valence-corrected chi connectivity index (χ4v) is 1.85. The van der Waals surface area contributed by atoms with E-state index in [0.717, 1.165) is 13.0 Å². The Labute approximate surface area is 119 Å². The summed E-state index contributed by atoms with van der Waals surface area (Å²) in [7, 11) is 0. The fourth-order valence-electron chi connectivity index (χ4n) is 1.85. The second-order valence-corrected chi connectivity index (χ2v) is 4.84. The predicted octanol–water partition coefficient (Wildman–Crippen LogP) is 1.52. The van der Waals surface area contributed by atoms with Crippen molar-refractivity contribution in [3.63, 3.8) is 0 Å². The quantitative estimate of drug-likeness (QED) is 0.729. The van der Waals surface area contributed by atoms with Crippen LogP contribution in [0.3, 0.4) is 0 Å². The zero-order valence-corrected chi connectivity index (χ0v) is 12.0. The Morgan fingerprint density at radius 2 is 2.15 bits per heavy atom. The van der Waals surface area contributed by atoms with Gasteiger partial charge in [0.25, 0.3) is 0 Å². The largest absolute Gasteiger partial charge is 0.492 e. The van der Waals surface area contributed by atoms with Crippen LogP contribution in [-0.2, 0) is 4.79 Å². The van der Waals surface area contributed by atoms with E-state index < -0.39 is 0 Å². The number of nitrogens with two attached hydrogens (primary N) is 1. The van der Waals surface area contributed by atoms with Crippen LogP contribution in [0.1, 0.15) is 25.8 Å². The number of primary amides is 1. The Hall–Kier alpha value is -2.06. The number of nitrogens with zero attached hydrogens (tertiary/aromatic N) is 2. The maximum Gasteiger partial charge on any atom is 0.231 e. The van der Waals surface area contributed by atoms with Gasteiger partial charge in [-0.3, -0.25) is 9.69 Å². The lowest BCUT2D eigenvalue weighted by Crippen LogP contribution is -2.39. The Morgan fingerprint density at radius 3 is 2.75 bits per heavy atom. The van der Waals surface area contributed by atoms with Crippen LogP contribution in [0.5, 0.6) is 5.75 Å². The predicted molar refractivity (Wildman–Crippen MR) is 77.2 cm³/mol. The first kappa shape index (κ1) is 16.0. The first-order valence-electron chi connectivity index (χ1n) is 6.69. The summed E-state index contributed by atoms with van der Waals surface area (Å²) in [6, 6.07) is 9.50. The molecule has 0 saturated carbocycles. The average molecular weight is 275 g/mol. The summed E-state index contributed by atoms with van der Waals surface area (Å²) in [5.74, 6) is 0.274. The Bertz CT molecular complexity index is 480. The molecule has 20 heavy (non-hydrogen) atoms. The number of carbonyl (C=O) groups excluding carboxylic acids is 1. The number of hydrogen-bond donors (Lipinski definition) is 1. The monoisotopic (exact) mass is 275 g/mol. The van der Waals surface area contributed by atoms with Gasteiger partial charge < -0.3 is 10.5 Å². The first-order chi connectivity index (χ1) is 9.54. The summed E-state index contributed by atoms with van der Waals surface area (Å²) >= 11 is 0. The van der Waals surface area contributed by atoms with E-state index in [4.69, 9.17) is 15.7 Å². The van der Waals surface area contributed by atoms with Crippen molar-refractivity contribution in [1.82, 2.24) is 4.90 Å². The lowest BCUT2D eigenvalue weighted by molar-refractivity contribution is -0.119. The summed E-state index contributed by atoms with van der Waals surface area (Å²) < 4.78 is 5.60. The molecule has 5 nitrogen and oxygen atoms in total. The van der Waals surface area contributed by atoms with Crippen molar-refractivity contribution in [2.45, 2.75) is 26.3 Å². The van der Waals surface area contributed by atoms with Crippen LogP contribution in [-0.4, -0.2) is 36.5 Å². The lowest BCUT2D eigenvalue weighted by Gasteiger charge is -2.24. The molecule has 0 aliphatic rings. The molecule has 0 fully saturated rings. The van der Waals surface area contributed by atoms with Crippen LogP contribution in [0.4, 0.5) is 0 Å². The molecule has 0 unspecified atom stereocenters.